The molecule has 3 aromatic rings. The molecule has 1 saturated heterocycles. The molecule has 1 aromatic heterocycles. The van der Waals surface area contributed by atoms with E-state index in [1.54, 1.807) is 17.6 Å². The minimum absolute atomic E-state index is 0.0817. The van der Waals surface area contributed by atoms with E-state index in [0.717, 1.165) is 54.6 Å². The molecule has 0 spiro atoms. The standard InChI is InChI=1S/C29H36N4O4/c1-20(9-14-28(34)32-36)17-33-15-5-6-24(18-33)31-29(35)22-10-12-25(13-11-22)37-19-23-16-21(2)30-27-8-4-3-7-26(23)27/h3-4,7-8,10-13,16,20,24,36H,5-6,9,14-15,17-19H2,1-2H3,(H,31,35)(H,32,34). The Morgan fingerprint density at radius 3 is 2.76 bits per heavy atom. The highest BCUT2D eigenvalue weighted by Gasteiger charge is 2.23. The first-order chi connectivity index (χ1) is 17.9. The number of amides is 2. The number of ether oxygens (including phenoxy) is 1. The highest BCUT2D eigenvalue weighted by Crippen LogP contribution is 2.21. The van der Waals surface area contributed by atoms with Crippen LogP contribution in [0.1, 0.15) is 54.2 Å². The molecule has 8 nitrogen and oxygen atoms in total. The Morgan fingerprint density at radius 2 is 1.97 bits per heavy atom. The quantitative estimate of drug-likeness (QED) is 0.282. The summed E-state index contributed by atoms with van der Waals surface area (Å²) in [6.45, 7) is 7.16. The third-order valence-electron chi connectivity index (χ3n) is 6.84. The number of aromatic nitrogens is 1. The molecule has 1 aliphatic heterocycles. The lowest BCUT2D eigenvalue weighted by molar-refractivity contribution is -0.129. The van der Waals surface area contributed by atoms with Gasteiger partial charge in [-0.25, -0.2) is 5.48 Å². The van der Waals surface area contributed by atoms with Crippen molar-refractivity contribution in [1.29, 1.82) is 0 Å². The number of likely N-dealkylation sites (tertiary alicyclic amines) is 1. The molecule has 0 aliphatic carbocycles. The topological polar surface area (TPSA) is 104 Å². The van der Waals surface area contributed by atoms with Crippen LogP contribution in [0.3, 0.4) is 0 Å². The van der Waals surface area contributed by atoms with E-state index in [0.29, 0.717) is 36.7 Å². The monoisotopic (exact) mass is 504 g/mol. The molecular weight excluding hydrogens is 468 g/mol. The molecule has 2 atom stereocenters. The fourth-order valence-corrected chi connectivity index (χ4v) is 4.95. The van der Waals surface area contributed by atoms with Gasteiger partial charge in [-0.2, -0.15) is 0 Å². The number of rotatable bonds is 10. The molecule has 2 aromatic carbocycles. The summed E-state index contributed by atoms with van der Waals surface area (Å²) in [5.41, 5.74) is 5.28. The number of para-hydroxylation sites is 1. The summed E-state index contributed by atoms with van der Waals surface area (Å²) >= 11 is 0. The van der Waals surface area contributed by atoms with Crippen LogP contribution in [0.15, 0.2) is 54.6 Å². The van der Waals surface area contributed by atoms with Crippen molar-refractivity contribution in [3.05, 3.63) is 71.4 Å². The Bertz CT molecular complexity index is 1210. The predicted molar refractivity (Wildman–Crippen MR) is 143 cm³/mol. The molecule has 37 heavy (non-hydrogen) atoms. The fraction of sp³-hybridized carbons (Fsp3) is 0.414. The summed E-state index contributed by atoms with van der Waals surface area (Å²) in [7, 11) is 0. The van der Waals surface area contributed by atoms with Crippen molar-refractivity contribution in [3.63, 3.8) is 0 Å². The fourth-order valence-electron chi connectivity index (χ4n) is 4.95. The number of pyridine rings is 1. The van der Waals surface area contributed by atoms with Crippen LogP contribution >= 0.6 is 0 Å². The maximum absolute atomic E-state index is 12.9. The number of carbonyl (C=O) groups is 2. The van der Waals surface area contributed by atoms with Gasteiger partial charge in [-0.1, -0.05) is 25.1 Å². The Kier molecular flexibility index (Phi) is 9.09. The lowest BCUT2D eigenvalue weighted by Crippen LogP contribution is -2.48. The van der Waals surface area contributed by atoms with Crippen molar-refractivity contribution in [2.75, 3.05) is 19.6 Å². The second kappa shape index (κ2) is 12.7. The van der Waals surface area contributed by atoms with Gasteiger partial charge in [-0.3, -0.25) is 19.8 Å². The van der Waals surface area contributed by atoms with Gasteiger partial charge in [0, 0.05) is 47.8 Å². The van der Waals surface area contributed by atoms with Crippen molar-refractivity contribution in [2.45, 2.75) is 52.2 Å². The maximum atomic E-state index is 12.9. The molecule has 1 aliphatic rings. The predicted octanol–water partition coefficient (Wildman–Crippen LogP) is 4.24. The molecule has 3 N–H and O–H groups in total. The van der Waals surface area contributed by atoms with Gasteiger partial charge in [-0.15, -0.1) is 0 Å². The van der Waals surface area contributed by atoms with Crippen LogP contribution in [0.5, 0.6) is 5.75 Å². The van der Waals surface area contributed by atoms with Gasteiger partial charge < -0.3 is 15.0 Å². The molecule has 2 amide bonds. The number of hydrogen-bond donors (Lipinski definition) is 3. The number of hydroxylamine groups is 1. The molecule has 8 heteroatoms. The van der Waals surface area contributed by atoms with E-state index in [1.165, 1.54) is 0 Å². The molecule has 2 heterocycles. The number of benzene rings is 2. The number of hydrogen-bond acceptors (Lipinski definition) is 6. The van der Waals surface area contributed by atoms with E-state index in [2.05, 4.69) is 28.2 Å². The normalized spacial score (nSPS) is 16.8. The van der Waals surface area contributed by atoms with E-state index in [1.807, 2.05) is 43.3 Å². The highest BCUT2D eigenvalue weighted by atomic mass is 16.5. The summed E-state index contributed by atoms with van der Waals surface area (Å²) in [5.74, 6) is 0.603. The zero-order valence-electron chi connectivity index (χ0n) is 21.6. The first-order valence-electron chi connectivity index (χ1n) is 13.0. The SMILES string of the molecule is Cc1cc(COc2ccc(C(=O)NC3CCCN(CC(C)CCC(=O)NO)C3)cc2)c2ccccc2n1. The lowest BCUT2D eigenvalue weighted by atomic mass is 10.0. The molecule has 0 radical (unpaired) electrons. The minimum atomic E-state index is -0.354. The molecule has 0 bridgehead atoms. The van der Waals surface area contributed by atoms with Gasteiger partial charge in [0.25, 0.3) is 5.91 Å². The summed E-state index contributed by atoms with van der Waals surface area (Å²) in [6, 6.07) is 17.5. The van der Waals surface area contributed by atoms with Crippen LogP contribution in [-0.2, 0) is 11.4 Å². The van der Waals surface area contributed by atoms with E-state index in [-0.39, 0.29) is 17.9 Å². The van der Waals surface area contributed by atoms with Crippen LogP contribution in [0.25, 0.3) is 10.9 Å². The first kappa shape index (κ1) is 26.6. The van der Waals surface area contributed by atoms with Crippen molar-refractivity contribution in [3.8, 4) is 5.75 Å². The van der Waals surface area contributed by atoms with Gasteiger partial charge in [0.1, 0.15) is 12.4 Å². The summed E-state index contributed by atoms with van der Waals surface area (Å²) in [6.07, 6.45) is 2.99. The lowest BCUT2D eigenvalue weighted by Gasteiger charge is -2.34. The Balaban J connectivity index is 1.27. The van der Waals surface area contributed by atoms with E-state index < -0.39 is 0 Å². The van der Waals surface area contributed by atoms with Crippen LogP contribution in [0.2, 0.25) is 0 Å². The molecule has 1 fully saturated rings. The average Bonchev–Trinajstić information content (AvgIpc) is 2.90. The van der Waals surface area contributed by atoms with Crippen molar-refractivity contribution < 1.29 is 19.5 Å². The number of piperidine rings is 1. The Hall–Kier alpha value is -3.49. The molecule has 196 valence electrons. The number of nitrogens with zero attached hydrogens (tertiary/aromatic N) is 2. The zero-order valence-corrected chi connectivity index (χ0v) is 21.6. The Labute approximate surface area is 218 Å². The highest BCUT2D eigenvalue weighted by molar-refractivity contribution is 5.94. The molecule has 0 saturated carbocycles. The summed E-state index contributed by atoms with van der Waals surface area (Å²) < 4.78 is 6.03. The van der Waals surface area contributed by atoms with Gasteiger partial charge in [0.2, 0.25) is 5.91 Å². The van der Waals surface area contributed by atoms with Crippen molar-refractivity contribution in [1.82, 2.24) is 20.7 Å². The minimum Gasteiger partial charge on any atom is -0.489 e. The molecule has 2 unspecified atom stereocenters. The van der Waals surface area contributed by atoms with Crippen molar-refractivity contribution in [2.24, 2.45) is 5.92 Å². The third kappa shape index (κ3) is 7.50. The van der Waals surface area contributed by atoms with E-state index >= 15 is 0 Å². The number of carbonyl (C=O) groups excluding carboxylic acids is 2. The average molecular weight is 505 g/mol. The number of fused-ring (bicyclic) bond motifs is 1. The first-order valence-corrected chi connectivity index (χ1v) is 13.0. The van der Waals surface area contributed by atoms with E-state index in [9.17, 15) is 9.59 Å². The molecule has 4 rings (SSSR count). The van der Waals surface area contributed by atoms with Gasteiger partial charge >= 0.3 is 0 Å². The second-order valence-electron chi connectivity index (χ2n) is 10.0. The number of aryl methyl sites for hydroxylation is 1. The largest absolute Gasteiger partial charge is 0.489 e. The third-order valence-corrected chi connectivity index (χ3v) is 6.84. The van der Waals surface area contributed by atoms with Crippen molar-refractivity contribution >= 4 is 22.7 Å². The second-order valence-corrected chi connectivity index (χ2v) is 10.0. The molecular formula is C29H36N4O4. The summed E-state index contributed by atoms with van der Waals surface area (Å²) in [4.78, 5) is 31.1. The van der Waals surface area contributed by atoms with Gasteiger partial charge in [0.15, 0.2) is 0 Å². The van der Waals surface area contributed by atoms with Crippen LogP contribution < -0.4 is 15.5 Å². The zero-order chi connectivity index (χ0) is 26.2. The van der Waals surface area contributed by atoms with Gasteiger partial charge in [0.05, 0.1) is 5.52 Å². The number of nitrogens with one attached hydrogen (secondary N) is 2. The van der Waals surface area contributed by atoms with Crippen LogP contribution in [-0.4, -0.2) is 52.6 Å². The maximum Gasteiger partial charge on any atom is 0.251 e. The van der Waals surface area contributed by atoms with Crippen LogP contribution in [0.4, 0.5) is 0 Å². The van der Waals surface area contributed by atoms with E-state index in [4.69, 9.17) is 9.94 Å². The van der Waals surface area contributed by atoms with Gasteiger partial charge in [-0.05, 0) is 75.0 Å². The Morgan fingerprint density at radius 1 is 1.19 bits per heavy atom. The van der Waals surface area contributed by atoms with Crippen LogP contribution in [0, 0.1) is 12.8 Å². The summed E-state index contributed by atoms with van der Waals surface area (Å²) in [5, 5.41) is 12.9. The smallest absolute Gasteiger partial charge is 0.251 e.